The summed E-state index contributed by atoms with van der Waals surface area (Å²) in [6.45, 7) is 2.44. The zero-order valence-electron chi connectivity index (χ0n) is 16.2. The fourth-order valence-electron chi connectivity index (χ4n) is 3.38. The van der Waals surface area contributed by atoms with E-state index in [9.17, 15) is 9.59 Å². The van der Waals surface area contributed by atoms with Gasteiger partial charge in [0.15, 0.2) is 0 Å². The van der Waals surface area contributed by atoms with Gasteiger partial charge in [-0.15, -0.1) is 11.3 Å². The molecule has 0 saturated carbocycles. The molecule has 0 atom stereocenters. The minimum atomic E-state index is -0.0332. The molecule has 0 unspecified atom stereocenters. The van der Waals surface area contributed by atoms with Crippen molar-refractivity contribution in [3.05, 3.63) is 45.3 Å². The van der Waals surface area contributed by atoms with Crippen molar-refractivity contribution in [3.8, 4) is 10.4 Å². The Morgan fingerprint density at radius 1 is 1.17 bits per heavy atom. The topological polar surface area (TPSA) is 58.6 Å². The van der Waals surface area contributed by atoms with Crippen molar-refractivity contribution < 1.29 is 14.3 Å². The molecule has 2 aromatic rings. The van der Waals surface area contributed by atoms with Gasteiger partial charge >= 0.3 is 0 Å². The van der Waals surface area contributed by atoms with Gasteiger partial charge in [0.05, 0.1) is 4.88 Å². The number of thiophene rings is 1. The molecule has 1 fully saturated rings. The van der Waals surface area contributed by atoms with Gasteiger partial charge in [0.2, 0.25) is 5.91 Å². The molecule has 5 nitrogen and oxygen atoms in total. The monoisotopic (exact) mass is 454 g/mol. The molecular formula is C21H24Cl2N2O3S. The van der Waals surface area contributed by atoms with Gasteiger partial charge in [-0.25, -0.2) is 0 Å². The van der Waals surface area contributed by atoms with Gasteiger partial charge in [-0.3, -0.25) is 9.59 Å². The van der Waals surface area contributed by atoms with E-state index in [4.69, 9.17) is 27.9 Å². The summed E-state index contributed by atoms with van der Waals surface area (Å²) in [5.41, 5.74) is 0.899. The average Bonchev–Trinajstić information content (AvgIpc) is 3.20. The number of carbonyl (C=O) groups excluding carboxylic acids is 2. The highest BCUT2D eigenvalue weighted by molar-refractivity contribution is 7.17. The van der Waals surface area contributed by atoms with Crippen LogP contribution in [0, 0.1) is 5.92 Å². The van der Waals surface area contributed by atoms with Gasteiger partial charge in [0, 0.05) is 54.2 Å². The van der Waals surface area contributed by atoms with Crippen LogP contribution in [0.3, 0.4) is 0 Å². The summed E-state index contributed by atoms with van der Waals surface area (Å²) in [7, 11) is 1.65. The lowest BCUT2D eigenvalue weighted by Gasteiger charge is -2.31. The summed E-state index contributed by atoms with van der Waals surface area (Å²) in [6, 6.07) is 9.12. The Kier molecular flexibility index (Phi) is 7.95. The van der Waals surface area contributed by atoms with Crippen LogP contribution in [0.25, 0.3) is 10.4 Å². The van der Waals surface area contributed by atoms with Crippen LogP contribution in [0.5, 0.6) is 0 Å². The number of hydrogen-bond acceptors (Lipinski definition) is 4. The Labute approximate surface area is 184 Å². The van der Waals surface area contributed by atoms with Crippen molar-refractivity contribution in [2.45, 2.75) is 19.3 Å². The number of halogens is 2. The molecule has 0 bridgehead atoms. The SMILES string of the molecule is COCCCNC(=O)C1CCN(C(=O)c2ccc(-c3cc(Cl)cc(Cl)c3)s2)CC1. The van der Waals surface area contributed by atoms with E-state index in [1.807, 2.05) is 29.2 Å². The second kappa shape index (κ2) is 10.4. The lowest BCUT2D eigenvalue weighted by atomic mass is 9.95. The maximum Gasteiger partial charge on any atom is 0.263 e. The Balaban J connectivity index is 1.55. The van der Waals surface area contributed by atoms with Crippen molar-refractivity contribution in [1.82, 2.24) is 10.2 Å². The van der Waals surface area contributed by atoms with Crippen LogP contribution in [-0.4, -0.2) is 50.1 Å². The Morgan fingerprint density at radius 3 is 2.52 bits per heavy atom. The maximum atomic E-state index is 12.9. The lowest BCUT2D eigenvalue weighted by Crippen LogP contribution is -2.43. The fraction of sp³-hybridized carbons (Fsp3) is 0.429. The van der Waals surface area contributed by atoms with Crippen LogP contribution < -0.4 is 5.32 Å². The molecule has 1 N–H and O–H groups in total. The molecule has 1 aliphatic heterocycles. The first-order valence-corrected chi connectivity index (χ1v) is 11.2. The van der Waals surface area contributed by atoms with E-state index < -0.39 is 0 Å². The summed E-state index contributed by atoms with van der Waals surface area (Å²) in [5, 5.41) is 4.08. The quantitative estimate of drug-likeness (QED) is 0.615. The van der Waals surface area contributed by atoms with Crippen molar-refractivity contribution >= 4 is 46.4 Å². The third-order valence-electron chi connectivity index (χ3n) is 4.94. The average molecular weight is 455 g/mol. The molecule has 156 valence electrons. The molecule has 29 heavy (non-hydrogen) atoms. The molecule has 0 aliphatic carbocycles. The first-order chi connectivity index (χ1) is 14.0. The second-order valence-electron chi connectivity index (χ2n) is 7.03. The zero-order valence-corrected chi connectivity index (χ0v) is 18.6. The standard InChI is InChI=1S/C21H24Cl2N2O3S/c1-28-10-2-7-24-20(26)14-5-8-25(9-6-14)21(27)19-4-3-18(29-19)15-11-16(22)13-17(23)12-15/h3-4,11-14H,2,5-10H2,1H3,(H,24,26). The Bertz CT molecular complexity index is 843. The fourth-order valence-corrected chi connectivity index (χ4v) is 4.86. The third kappa shape index (κ3) is 5.95. The van der Waals surface area contributed by atoms with E-state index in [0.717, 1.165) is 16.9 Å². The van der Waals surface area contributed by atoms with E-state index in [0.29, 0.717) is 54.0 Å². The summed E-state index contributed by atoms with van der Waals surface area (Å²) in [6.07, 6.45) is 2.17. The number of nitrogens with one attached hydrogen (secondary N) is 1. The molecule has 0 radical (unpaired) electrons. The first kappa shape index (κ1) is 22.1. The minimum absolute atomic E-state index is 0.00771. The Hall–Kier alpha value is -1.60. The molecule has 2 heterocycles. The highest BCUT2D eigenvalue weighted by Gasteiger charge is 2.28. The van der Waals surface area contributed by atoms with E-state index in [1.165, 1.54) is 11.3 Å². The van der Waals surface area contributed by atoms with E-state index >= 15 is 0 Å². The summed E-state index contributed by atoms with van der Waals surface area (Å²) in [5.74, 6) is 0.0480. The van der Waals surface area contributed by atoms with Gasteiger partial charge in [0.1, 0.15) is 0 Å². The van der Waals surface area contributed by atoms with Crippen LogP contribution >= 0.6 is 34.5 Å². The number of hydrogen-bond donors (Lipinski definition) is 1. The number of likely N-dealkylation sites (tertiary alicyclic amines) is 1. The van der Waals surface area contributed by atoms with E-state index in [2.05, 4.69) is 5.32 Å². The molecule has 1 saturated heterocycles. The number of nitrogens with zero attached hydrogens (tertiary/aromatic N) is 1. The molecule has 0 spiro atoms. The molecule has 1 aliphatic rings. The molecule has 1 aromatic carbocycles. The van der Waals surface area contributed by atoms with Gasteiger partial charge in [-0.1, -0.05) is 23.2 Å². The highest BCUT2D eigenvalue weighted by Crippen LogP contribution is 2.33. The number of rotatable bonds is 7. The van der Waals surface area contributed by atoms with Gasteiger partial charge < -0.3 is 15.0 Å². The predicted octanol–water partition coefficient (Wildman–Crippen LogP) is 4.73. The van der Waals surface area contributed by atoms with Crippen LogP contribution in [0.1, 0.15) is 28.9 Å². The summed E-state index contributed by atoms with van der Waals surface area (Å²) >= 11 is 13.6. The number of benzene rings is 1. The van der Waals surface area contributed by atoms with Crippen molar-refractivity contribution in [2.24, 2.45) is 5.92 Å². The Morgan fingerprint density at radius 2 is 1.86 bits per heavy atom. The van der Waals surface area contributed by atoms with Gasteiger partial charge in [0.25, 0.3) is 5.91 Å². The largest absolute Gasteiger partial charge is 0.385 e. The molecular weight excluding hydrogens is 431 g/mol. The van der Waals surface area contributed by atoms with E-state index in [-0.39, 0.29) is 17.7 Å². The van der Waals surface area contributed by atoms with Crippen LogP contribution in [0.4, 0.5) is 0 Å². The first-order valence-electron chi connectivity index (χ1n) is 9.60. The molecule has 8 heteroatoms. The van der Waals surface area contributed by atoms with Crippen molar-refractivity contribution in [3.63, 3.8) is 0 Å². The third-order valence-corrected chi connectivity index (χ3v) is 6.50. The normalized spacial score (nSPS) is 14.8. The van der Waals surface area contributed by atoms with Crippen LogP contribution in [0.2, 0.25) is 10.0 Å². The second-order valence-corrected chi connectivity index (χ2v) is 8.98. The number of amides is 2. The van der Waals surface area contributed by atoms with Crippen LogP contribution in [0.15, 0.2) is 30.3 Å². The number of ether oxygens (including phenoxy) is 1. The van der Waals surface area contributed by atoms with Crippen LogP contribution in [-0.2, 0) is 9.53 Å². The molecule has 2 amide bonds. The minimum Gasteiger partial charge on any atom is -0.385 e. The lowest BCUT2D eigenvalue weighted by molar-refractivity contribution is -0.126. The van der Waals surface area contributed by atoms with E-state index in [1.54, 1.807) is 13.2 Å². The summed E-state index contributed by atoms with van der Waals surface area (Å²) < 4.78 is 4.99. The molecule has 3 rings (SSSR count). The smallest absolute Gasteiger partial charge is 0.263 e. The number of methoxy groups -OCH3 is 1. The van der Waals surface area contributed by atoms with Gasteiger partial charge in [-0.05, 0) is 55.2 Å². The highest BCUT2D eigenvalue weighted by atomic mass is 35.5. The molecule has 1 aromatic heterocycles. The number of carbonyl (C=O) groups is 2. The number of piperidine rings is 1. The van der Waals surface area contributed by atoms with Crippen molar-refractivity contribution in [1.29, 1.82) is 0 Å². The zero-order chi connectivity index (χ0) is 20.8. The summed E-state index contributed by atoms with van der Waals surface area (Å²) in [4.78, 5) is 28.6. The maximum absolute atomic E-state index is 12.9. The van der Waals surface area contributed by atoms with Crippen molar-refractivity contribution in [2.75, 3.05) is 33.4 Å². The van der Waals surface area contributed by atoms with Gasteiger partial charge in [-0.2, -0.15) is 0 Å². The predicted molar refractivity (Wildman–Crippen MR) is 118 cm³/mol.